The topological polar surface area (TPSA) is 61.8 Å². The molecule has 0 N–H and O–H groups in total. The van der Waals surface area contributed by atoms with E-state index in [0.29, 0.717) is 19.4 Å². The van der Waals surface area contributed by atoms with Crippen molar-refractivity contribution in [3.63, 3.8) is 0 Å². The molecule has 60 heavy (non-hydrogen) atoms. The van der Waals surface area contributed by atoms with Crippen LogP contribution in [0, 0.1) is 0 Å². The van der Waals surface area contributed by atoms with Crippen LogP contribution in [0.3, 0.4) is 0 Å². The van der Waals surface area contributed by atoms with Crippen LogP contribution in [0.1, 0.15) is 278 Å². The predicted molar refractivity (Wildman–Crippen MR) is 261 cm³/mol. The van der Waals surface area contributed by atoms with Gasteiger partial charge in [0.15, 0.2) is 6.10 Å². The van der Waals surface area contributed by atoms with Gasteiger partial charge in [0.1, 0.15) is 6.61 Å². The highest BCUT2D eigenvalue weighted by atomic mass is 16.6. The molecule has 0 rings (SSSR count). The van der Waals surface area contributed by atoms with Crippen molar-refractivity contribution in [1.82, 2.24) is 0 Å². The summed E-state index contributed by atoms with van der Waals surface area (Å²) in [6.07, 6.45) is 61.5. The van der Waals surface area contributed by atoms with Gasteiger partial charge in [-0.15, -0.1) is 0 Å². The minimum absolute atomic E-state index is 0.0832. The molecular formula is C55H102O5. The van der Waals surface area contributed by atoms with Gasteiger partial charge >= 0.3 is 11.9 Å². The molecule has 0 aromatic heterocycles. The molecule has 5 nitrogen and oxygen atoms in total. The Labute approximate surface area is 374 Å². The van der Waals surface area contributed by atoms with E-state index in [2.05, 4.69) is 57.2 Å². The Bertz CT molecular complexity index is 955. The van der Waals surface area contributed by atoms with Crippen LogP contribution in [0.5, 0.6) is 0 Å². The standard InChI is InChI=1S/C55H102O5/c1-4-7-10-13-16-19-22-24-26-27-28-30-32-35-38-41-44-47-50-58-51-53(60-55(57)49-46-43-40-37-33-21-18-15-12-9-6-3)52-59-54(56)48-45-42-39-36-34-31-29-25-23-20-17-14-11-8-5-2/h16,19,24-26,29,53H,4-15,17-18,20-23,27-28,30-52H2,1-3H3/b19-16-,26-24-,29-25-. The minimum Gasteiger partial charge on any atom is -0.462 e. The van der Waals surface area contributed by atoms with Gasteiger partial charge in [0.25, 0.3) is 0 Å². The van der Waals surface area contributed by atoms with Crippen LogP contribution in [0.25, 0.3) is 0 Å². The number of hydrogen-bond acceptors (Lipinski definition) is 5. The Kier molecular flexibility index (Phi) is 49.9. The van der Waals surface area contributed by atoms with Crippen LogP contribution in [0.4, 0.5) is 0 Å². The minimum atomic E-state index is -0.537. The van der Waals surface area contributed by atoms with Crippen molar-refractivity contribution in [3.05, 3.63) is 36.5 Å². The molecule has 0 heterocycles. The molecule has 0 spiro atoms. The summed E-state index contributed by atoms with van der Waals surface area (Å²) >= 11 is 0. The highest BCUT2D eigenvalue weighted by molar-refractivity contribution is 5.70. The smallest absolute Gasteiger partial charge is 0.306 e. The molecular weight excluding hydrogens is 741 g/mol. The normalized spacial score (nSPS) is 12.4. The molecule has 352 valence electrons. The molecule has 0 aromatic carbocycles. The molecule has 1 unspecified atom stereocenters. The molecule has 0 amide bonds. The second-order valence-corrected chi connectivity index (χ2v) is 17.8. The molecule has 0 aliphatic rings. The maximum absolute atomic E-state index is 12.8. The number of ether oxygens (including phenoxy) is 3. The molecule has 0 saturated carbocycles. The zero-order valence-corrected chi connectivity index (χ0v) is 40.5. The van der Waals surface area contributed by atoms with Gasteiger partial charge in [-0.1, -0.05) is 224 Å². The molecule has 0 radical (unpaired) electrons. The van der Waals surface area contributed by atoms with Crippen LogP contribution in [-0.4, -0.2) is 37.9 Å². The fraction of sp³-hybridized carbons (Fsp3) is 0.855. The number of esters is 2. The van der Waals surface area contributed by atoms with E-state index < -0.39 is 6.10 Å². The van der Waals surface area contributed by atoms with Crippen molar-refractivity contribution in [2.75, 3.05) is 19.8 Å². The highest BCUT2D eigenvalue weighted by Gasteiger charge is 2.17. The van der Waals surface area contributed by atoms with Crippen molar-refractivity contribution >= 4 is 11.9 Å². The van der Waals surface area contributed by atoms with Gasteiger partial charge in [-0.2, -0.15) is 0 Å². The Hall–Kier alpha value is -1.88. The Morgan fingerprint density at radius 2 is 0.700 bits per heavy atom. The molecule has 5 heteroatoms. The Morgan fingerprint density at radius 3 is 1.15 bits per heavy atom. The van der Waals surface area contributed by atoms with E-state index in [-0.39, 0.29) is 25.2 Å². The van der Waals surface area contributed by atoms with Gasteiger partial charge in [0.05, 0.1) is 6.61 Å². The van der Waals surface area contributed by atoms with Crippen molar-refractivity contribution in [3.8, 4) is 0 Å². The van der Waals surface area contributed by atoms with Gasteiger partial charge in [-0.25, -0.2) is 0 Å². The molecule has 1 atom stereocenters. The van der Waals surface area contributed by atoms with E-state index in [4.69, 9.17) is 14.2 Å². The van der Waals surface area contributed by atoms with Crippen LogP contribution >= 0.6 is 0 Å². The number of unbranched alkanes of at least 4 members (excludes halogenated alkanes) is 32. The molecule has 0 bridgehead atoms. The largest absolute Gasteiger partial charge is 0.462 e. The third kappa shape index (κ3) is 48.8. The average Bonchev–Trinajstić information content (AvgIpc) is 3.25. The van der Waals surface area contributed by atoms with Gasteiger partial charge in [0, 0.05) is 19.4 Å². The lowest BCUT2D eigenvalue weighted by atomic mass is 10.1. The van der Waals surface area contributed by atoms with Crippen LogP contribution in [0.15, 0.2) is 36.5 Å². The molecule has 0 fully saturated rings. The maximum Gasteiger partial charge on any atom is 0.306 e. The monoisotopic (exact) mass is 843 g/mol. The van der Waals surface area contributed by atoms with E-state index in [9.17, 15) is 9.59 Å². The molecule has 0 aromatic rings. The third-order valence-electron chi connectivity index (χ3n) is 11.6. The van der Waals surface area contributed by atoms with E-state index in [0.717, 1.165) is 57.8 Å². The van der Waals surface area contributed by atoms with E-state index in [1.54, 1.807) is 0 Å². The summed E-state index contributed by atoms with van der Waals surface area (Å²) in [5.74, 6) is -0.398. The molecule has 0 aliphatic carbocycles. The van der Waals surface area contributed by atoms with Gasteiger partial charge in [-0.3, -0.25) is 9.59 Å². The van der Waals surface area contributed by atoms with Crippen LogP contribution in [0.2, 0.25) is 0 Å². The number of allylic oxidation sites excluding steroid dienone is 6. The second-order valence-electron chi connectivity index (χ2n) is 17.8. The quantitative estimate of drug-likeness (QED) is 0.0347. The summed E-state index contributed by atoms with van der Waals surface area (Å²) < 4.78 is 17.4. The Morgan fingerprint density at radius 1 is 0.367 bits per heavy atom. The fourth-order valence-corrected chi connectivity index (χ4v) is 7.65. The first kappa shape index (κ1) is 58.1. The summed E-state index contributed by atoms with van der Waals surface area (Å²) in [6.45, 7) is 7.81. The number of rotatable bonds is 49. The zero-order chi connectivity index (χ0) is 43.5. The van der Waals surface area contributed by atoms with Gasteiger partial charge in [0.2, 0.25) is 0 Å². The van der Waals surface area contributed by atoms with Crippen LogP contribution in [-0.2, 0) is 23.8 Å². The fourth-order valence-electron chi connectivity index (χ4n) is 7.65. The van der Waals surface area contributed by atoms with Gasteiger partial charge < -0.3 is 14.2 Å². The maximum atomic E-state index is 12.8. The lowest BCUT2D eigenvalue weighted by molar-refractivity contribution is -0.163. The number of carbonyl (C=O) groups excluding carboxylic acids is 2. The second kappa shape index (κ2) is 51.5. The summed E-state index contributed by atoms with van der Waals surface area (Å²) in [5, 5.41) is 0. The number of hydrogen-bond donors (Lipinski definition) is 0. The van der Waals surface area contributed by atoms with E-state index >= 15 is 0 Å². The molecule has 0 saturated heterocycles. The van der Waals surface area contributed by atoms with Gasteiger partial charge in [-0.05, 0) is 77.0 Å². The number of carbonyl (C=O) groups is 2. The predicted octanol–water partition coefficient (Wildman–Crippen LogP) is 17.8. The Balaban J connectivity index is 4.22. The first-order valence-corrected chi connectivity index (χ1v) is 26.5. The molecule has 0 aliphatic heterocycles. The van der Waals surface area contributed by atoms with Crippen molar-refractivity contribution in [2.45, 2.75) is 284 Å². The van der Waals surface area contributed by atoms with E-state index in [1.807, 2.05) is 0 Å². The summed E-state index contributed by atoms with van der Waals surface area (Å²) in [5.41, 5.74) is 0. The first-order chi connectivity index (χ1) is 29.6. The first-order valence-electron chi connectivity index (χ1n) is 26.5. The van der Waals surface area contributed by atoms with Crippen molar-refractivity contribution in [1.29, 1.82) is 0 Å². The SMILES string of the molecule is CCCCC/C=C\C/C=C\CCCCCCCCCCOCC(COC(=O)CCCCCCC/C=C\CCCCCCCC)OC(=O)CCCCCCCCCCCCC. The zero-order valence-electron chi connectivity index (χ0n) is 40.5. The average molecular weight is 843 g/mol. The summed E-state index contributed by atoms with van der Waals surface area (Å²) in [4.78, 5) is 25.4. The lowest BCUT2D eigenvalue weighted by Gasteiger charge is -2.18. The highest BCUT2D eigenvalue weighted by Crippen LogP contribution is 2.15. The van der Waals surface area contributed by atoms with Crippen molar-refractivity contribution in [2.24, 2.45) is 0 Å². The third-order valence-corrected chi connectivity index (χ3v) is 11.6. The van der Waals surface area contributed by atoms with E-state index in [1.165, 1.54) is 186 Å². The lowest BCUT2D eigenvalue weighted by Crippen LogP contribution is -2.30. The van der Waals surface area contributed by atoms with Crippen molar-refractivity contribution < 1.29 is 23.8 Å². The summed E-state index contributed by atoms with van der Waals surface area (Å²) in [6, 6.07) is 0. The summed E-state index contributed by atoms with van der Waals surface area (Å²) in [7, 11) is 0. The van der Waals surface area contributed by atoms with Crippen LogP contribution < -0.4 is 0 Å².